The maximum Gasteiger partial charge on any atom is 0.242 e. The Morgan fingerprint density at radius 3 is 2.16 bits per heavy atom. The van der Waals surface area contributed by atoms with E-state index in [1.807, 2.05) is 26.0 Å². The van der Waals surface area contributed by atoms with Gasteiger partial charge in [0.25, 0.3) is 0 Å². The van der Waals surface area contributed by atoms with Gasteiger partial charge in [-0.1, -0.05) is 42.3 Å². The molecule has 7 heteroatoms. The highest BCUT2D eigenvalue weighted by Crippen LogP contribution is 2.17. The van der Waals surface area contributed by atoms with E-state index in [4.69, 9.17) is 27.9 Å². The van der Waals surface area contributed by atoms with Crippen molar-refractivity contribution in [3.05, 3.63) is 64.1 Å². The Morgan fingerprint density at radius 2 is 1.58 bits per heavy atom. The van der Waals surface area contributed by atoms with Crippen LogP contribution in [0.4, 0.5) is 0 Å². The van der Waals surface area contributed by atoms with E-state index in [2.05, 4.69) is 5.32 Å². The van der Waals surface area contributed by atoms with Crippen LogP contribution in [0.5, 0.6) is 5.75 Å². The fraction of sp³-hybridized carbons (Fsp3) is 0.417. The van der Waals surface area contributed by atoms with E-state index in [1.54, 1.807) is 48.2 Å². The average molecular weight is 465 g/mol. The Morgan fingerprint density at radius 1 is 1.00 bits per heavy atom. The van der Waals surface area contributed by atoms with Gasteiger partial charge in [0.15, 0.2) is 0 Å². The Bertz CT molecular complexity index is 841. The van der Waals surface area contributed by atoms with Crippen LogP contribution in [0.1, 0.15) is 45.6 Å². The molecule has 0 unspecified atom stereocenters. The van der Waals surface area contributed by atoms with Crippen LogP contribution < -0.4 is 10.1 Å². The van der Waals surface area contributed by atoms with Crippen LogP contribution in [0.3, 0.4) is 0 Å². The maximum absolute atomic E-state index is 13.0. The van der Waals surface area contributed by atoms with Crippen molar-refractivity contribution in [2.75, 3.05) is 6.61 Å². The van der Waals surface area contributed by atoms with Gasteiger partial charge >= 0.3 is 0 Å². The monoisotopic (exact) mass is 464 g/mol. The molecule has 2 rings (SSSR count). The maximum atomic E-state index is 13.0. The number of ether oxygens (including phenoxy) is 1. The molecule has 0 aromatic heterocycles. The quantitative estimate of drug-likeness (QED) is 0.447. The van der Waals surface area contributed by atoms with E-state index >= 15 is 0 Å². The topological polar surface area (TPSA) is 58.6 Å². The predicted molar refractivity (Wildman–Crippen MR) is 126 cm³/mol. The van der Waals surface area contributed by atoms with Crippen LogP contribution in [-0.2, 0) is 16.1 Å². The van der Waals surface area contributed by atoms with Gasteiger partial charge in [0.1, 0.15) is 11.8 Å². The third-order valence-corrected chi connectivity index (χ3v) is 5.56. The molecule has 2 aromatic carbocycles. The van der Waals surface area contributed by atoms with Gasteiger partial charge in [-0.05, 0) is 68.7 Å². The minimum atomic E-state index is -0.589. The number of halogens is 2. The molecule has 0 radical (unpaired) electrons. The summed E-state index contributed by atoms with van der Waals surface area (Å²) in [5, 5.41) is 4.24. The zero-order valence-corrected chi connectivity index (χ0v) is 19.7. The van der Waals surface area contributed by atoms with Crippen molar-refractivity contribution in [2.45, 2.75) is 58.7 Å². The van der Waals surface area contributed by atoms with Crippen molar-refractivity contribution in [3.63, 3.8) is 0 Å². The summed E-state index contributed by atoms with van der Waals surface area (Å²) in [5.41, 5.74) is 0.915. The molecule has 2 atom stereocenters. The third-order valence-electron chi connectivity index (χ3n) is 5.05. The van der Waals surface area contributed by atoms with Gasteiger partial charge in [0.2, 0.25) is 11.8 Å². The van der Waals surface area contributed by atoms with Crippen LogP contribution in [0.2, 0.25) is 10.0 Å². The molecule has 0 aliphatic carbocycles. The number of carbonyl (C=O) groups excluding carboxylic acids is 2. The lowest BCUT2D eigenvalue weighted by Gasteiger charge is -2.29. The Labute approximate surface area is 194 Å². The number of rotatable bonds is 11. The fourth-order valence-electron chi connectivity index (χ4n) is 2.92. The largest absolute Gasteiger partial charge is 0.494 e. The second kappa shape index (κ2) is 12.6. The summed E-state index contributed by atoms with van der Waals surface area (Å²) in [6, 6.07) is 13.9. The van der Waals surface area contributed by atoms with Crippen molar-refractivity contribution in [1.29, 1.82) is 0 Å². The molecular weight excluding hydrogens is 435 g/mol. The number of nitrogens with one attached hydrogen (secondary N) is 1. The van der Waals surface area contributed by atoms with E-state index < -0.39 is 6.04 Å². The highest BCUT2D eigenvalue weighted by Gasteiger charge is 2.26. The summed E-state index contributed by atoms with van der Waals surface area (Å²) >= 11 is 11.8. The first-order chi connectivity index (χ1) is 14.8. The predicted octanol–water partition coefficient (Wildman–Crippen LogP) is 5.48. The van der Waals surface area contributed by atoms with Gasteiger partial charge in [0, 0.05) is 29.1 Å². The number of hydrogen-bond acceptors (Lipinski definition) is 3. The standard InChI is InChI=1S/C24H30Cl2N2O3/c1-4-17(2)27-24(30)18(3)28(16-19-7-9-20(25)10-8-19)23(29)6-5-15-31-22-13-11-21(26)12-14-22/h7-14,17-18H,4-6,15-16H2,1-3H3,(H,27,30)/t17-,18-/m1/s1. The van der Waals surface area contributed by atoms with Crippen molar-refractivity contribution in [3.8, 4) is 5.75 Å². The number of amides is 2. The van der Waals surface area contributed by atoms with Gasteiger partial charge in [0.05, 0.1) is 6.61 Å². The van der Waals surface area contributed by atoms with Crippen molar-refractivity contribution in [2.24, 2.45) is 0 Å². The van der Waals surface area contributed by atoms with Crippen molar-refractivity contribution < 1.29 is 14.3 Å². The molecule has 0 aliphatic heterocycles. The molecule has 0 aliphatic rings. The van der Waals surface area contributed by atoms with Crippen molar-refractivity contribution in [1.82, 2.24) is 10.2 Å². The van der Waals surface area contributed by atoms with Crippen LogP contribution in [0, 0.1) is 0 Å². The first-order valence-corrected chi connectivity index (χ1v) is 11.3. The third kappa shape index (κ3) is 8.42. The first kappa shape index (κ1) is 25.0. The number of hydrogen-bond donors (Lipinski definition) is 1. The summed E-state index contributed by atoms with van der Waals surface area (Å²) < 4.78 is 5.67. The first-order valence-electron chi connectivity index (χ1n) is 10.5. The Balaban J connectivity index is 1.99. The van der Waals surface area contributed by atoms with Crippen LogP contribution in [0.15, 0.2) is 48.5 Å². The van der Waals surface area contributed by atoms with Crippen LogP contribution in [0.25, 0.3) is 0 Å². The minimum Gasteiger partial charge on any atom is -0.494 e. The molecule has 0 spiro atoms. The Kier molecular flexibility index (Phi) is 10.2. The van der Waals surface area contributed by atoms with Gasteiger partial charge in [-0.15, -0.1) is 0 Å². The number of carbonyl (C=O) groups is 2. The van der Waals surface area contributed by atoms with Gasteiger partial charge in [-0.3, -0.25) is 9.59 Å². The van der Waals surface area contributed by atoms with Gasteiger partial charge < -0.3 is 15.0 Å². The molecular formula is C24H30Cl2N2O3. The van der Waals surface area contributed by atoms with Gasteiger partial charge in [-0.2, -0.15) is 0 Å². The molecule has 1 N–H and O–H groups in total. The molecule has 5 nitrogen and oxygen atoms in total. The summed E-state index contributed by atoms with van der Waals surface area (Å²) in [4.78, 5) is 27.3. The normalized spacial score (nSPS) is 12.7. The second-order valence-electron chi connectivity index (χ2n) is 7.55. The lowest BCUT2D eigenvalue weighted by Crippen LogP contribution is -2.49. The van der Waals surface area contributed by atoms with Crippen molar-refractivity contribution >= 4 is 35.0 Å². The zero-order chi connectivity index (χ0) is 22.8. The van der Waals surface area contributed by atoms with Gasteiger partial charge in [-0.25, -0.2) is 0 Å². The molecule has 31 heavy (non-hydrogen) atoms. The van der Waals surface area contributed by atoms with E-state index in [0.717, 1.165) is 12.0 Å². The smallest absolute Gasteiger partial charge is 0.242 e. The van der Waals surface area contributed by atoms with E-state index in [0.29, 0.717) is 35.4 Å². The molecule has 168 valence electrons. The molecule has 0 saturated carbocycles. The summed E-state index contributed by atoms with van der Waals surface area (Å²) in [6.45, 7) is 6.45. The lowest BCUT2D eigenvalue weighted by atomic mass is 10.1. The lowest BCUT2D eigenvalue weighted by molar-refractivity contribution is -0.141. The molecule has 0 heterocycles. The minimum absolute atomic E-state index is 0.0511. The molecule has 0 fully saturated rings. The zero-order valence-electron chi connectivity index (χ0n) is 18.2. The second-order valence-corrected chi connectivity index (χ2v) is 8.42. The van der Waals surface area contributed by atoms with E-state index in [1.165, 1.54) is 0 Å². The molecule has 0 bridgehead atoms. The molecule has 2 amide bonds. The SMILES string of the molecule is CC[C@@H](C)NC(=O)[C@@H](C)N(Cc1ccc(Cl)cc1)C(=O)CCCOc1ccc(Cl)cc1. The van der Waals surface area contributed by atoms with E-state index in [-0.39, 0.29) is 24.3 Å². The molecule has 0 saturated heterocycles. The van der Waals surface area contributed by atoms with E-state index in [9.17, 15) is 9.59 Å². The Hall–Kier alpha value is -2.24. The fourth-order valence-corrected chi connectivity index (χ4v) is 3.17. The highest BCUT2D eigenvalue weighted by atomic mass is 35.5. The highest BCUT2D eigenvalue weighted by molar-refractivity contribution is 6.30. The number of benzene rings is 2. The average Bonchev–Trinajstić information content (AvgIpc) is 2.76. The summed E-state index contributed by atoms with van der Waals surface area (Å²) in [7, 11) is 0. The summed E-state index contributed by atoms with van der Waals surface area (Å²) in [6.07, 6.45) is 1.64. The van der Waals surface area contributed by atoms with Crippen LogP contribution in [-0.4, -0.2) is 35.4 Å². The summed E-state index contributed by atoms with van der Waals surface area (Å²) in [5.74, 6) is 0.451. The number of nitrogens with zero attached hydrogens (tertiary/aromatic N) is 1. The molecule has 2 aromatic rings. The van der Waals surface area contributed by atoms with Crippen LogP contribution >= 0.6 is 23.2 Å².